The lowest BCUT2D eigenvalue weighted by atomic mass is 10.1. The van der Waals surface area contributed by atoms with Crippen molar-refractivity contribution in [2.75, 3.05) is 7.05 Å². The molecule has 0 aliphatic heterocycles. The molecule has 1 aliphatic rings. The van der Waals surface area contributed by atoms with Crippen molar-refractivity contribution in [2.24, 2.45) is 0 Å². The maximum absolute atomic E-state index is 12.5. The second kappa shape index (κ2) is 6.14. The third-order valence-corrected chi connectivity index (χ3v) is 4.43. The first-order valence-corrected chi connectivity index (χ1v) is 7.64. The molecular formula is C17H20N2O4. The lowest BCUT2D eigenvalue weighted by molar-refractivity contribution is 0.00632. The molecule has 1 aliphatic carbocycles. The van der Waals surface area contributed by atoms with Crippen LogP contribution in [0.4, 0.5) is 0 Å². The Hall–Kier alpha value is -2.18. The largest absolute Gasteiger partial charge is 0.390 e. The van der Waals surface area contributed by atoms with Crippen molar-refractivity contribution in [3.63, 3.8) is 0 Å². The first-order valence-electron chi connectivity index (χ1n) is 7.64. The Morgan fingerprint density at radius 2 is 1.96 bits per heavy atom. The molecular weight excluding hydrogens is 296 g/mol. The fourth-order valence-electron chi connectivity index (χ4n) is 2.92. The molecule has 0 unspecified atom stereocenters. The van der Waals surface area contributed by atoms with Crippen molar-refractivity contribution in [3.05, 3.63) is 41.6 Å². The number of carbonyl (C=O) groups excluding carboxylic acids is 1. The van der Waals surface area contributed by atoms with Gasteiger partial charge in [0, 0.05) is 18.7 Å². The van der Waals surface area contributed by atoms with Crippen LogP contribution in [0.2, 0.25) is 0 Å². The predicted octanol–water partition coefficient (Wildman–Crippen LogP) is 1.61. The van der Waals surface area contributed by atoms with Crippen LogP contribution in [-0.2, 0) is 0 Å². The van der Waals surface area contributed by atoms with Crippen LogP contribution in [0.5, 0.6) is 0 Å². The molecule has 3 rings (SSSR count). The molecule has 6 nitrogen and oxygen atoms in total. The van der Waals surface area contributed by atoms with E-state index in [2.05, 4.69) is 5.16 Å². The molecule has 1 heterocycles. The van der Waals surface area contributed by atoms with Crippen molar-refractivity contribution >= 4 is 5.91 Å². The summed E-state index contributed by atoms with van der Waals surface area (Å²) in [5.74, 6) is 0.194. The number of likely N-dealkylation sites (N-methyl/N-ethyl adjacent to an activating group) is 1. The topological polar surface area (TPSA) is 86.8 Å². The Balaban J connectivity index is 1.77. The number of aliphatic hydroxyl groups is 2. The van der Waals surface area contributed by atoms with Gasteiger partial charge in [-0.05, 0) is 19.8 Å². The number of aryl methyl sites for hydroxylation is 1. The Labute approximate surface area is 134 Å². The third-order valence-electron chi connectivity index (χ3n) is 4.43. The molecule has 2 N–H and O–H groups in total. The molecule has 0 bridgehead atoms. The highest BCUT2D eigenvalue weighted by atomic mass is 16.5. The van der Waals surface area contributed by atoms with Gasteiger partial charge >= 0.3 is 0 Å². The minimum Gasteiger partial charge on any atom is -0.390 e. The van der Waals surface area contributed by atoms with Gasteiger partial charge in [-0.3, -0.25) is 4.79 Å². The maximum Gasteiger partial charge on any atom is 0.276 e. The first-order chi connectivity index (χ1) is 11.0. The Bertz CT molecular complexity index is 695. The molecule has 1 aromatic carbocycles. The van der Waals surface area contributed by atoms with Crippen molar-refractivity contribution in [1.29, 1.82) is 0 Å². The lowest BCUT2D eigenvalue weighted by Gasteiger charge is -2.26. The molecule has 1 fully saturated rings. The monoisotopic (exact) mass is 316 g/mol. The SMILES string of the molecule is Cc1ccc(-c2cc(C(=O)N(C)[C@@H]3CC[C@@H](O)[C@@H]3O)no2)cc1. The fourth-order valence-corrected chi connectivity index (χ4v) is 2.92. The number of aliphatic hydroxyl groups excluding tert-OH is 2. The lowest BCUT2D eigenvalue weighted by Crippen LogP contribution is -2.44. The zero-order valence-corrected chi connectivity index (χ0v) is 13.1. The van der Waals surface area contributed by atoms with Gasteiger partial charge in [-0.2, -0.15) is 0 Å². The Morgan fingerprint density at radius 3 is 2.57 bits per heavy atom. The number of carbonyl (C=O) groups is 1. The Morgan fingerprint density at radius 1 is 1.26 bits per heavy atom. The van der Waals surface area contributed by atoms with Gasteiger partial charge in [-0.1, -0.05) is 35.0 Å². The zero-order chi connectivity index (χ0) is 16.6. The standard InChI is InChI=1S/C17H20N2O4/c1-10-3-5-11(6-4-10)15-9-12(18-23-15)17(22)19(2)13-7-8-14(20)16(13)21/h3-6,9,13-14,16,20-21H,7-8H2,1-2H3/t13-,14-,16-/m1/s1. The second-order valence-corrected chi connectivity index (χ2v) is 6.06. The van der Waals surface area contributed by atoms with Gasteiger partial charge in [-0.15, -0.1) is 0 Å². The Kier molecular flexibility index (Phi) is 4.19. The highest BCUT2D eigenvalue weighted by Crippen LogP contribution is 2.26. The van der Waals surface area contributed by atoms with Crippen LogP contribution in [0.1, 0.15) is 28.9 Å². The van der Waals surface area contributed by atoms with E-state index in [9.17, 15) is 15.0 Å². The van der Waals surface area contributed by atoms with E-state index < -0.39 is 18.2 Å². The van der Waals surface area contributed by atoms with Crippen LogP contribution in [0.25, 0.3) is 11.3 Å². The van der Waals surface area contributed by atoms with Crippen molar-refractivity contribution in [1.82, 2.24) is 10.1 Å². The van der Waals surface area contributed by atoms with Gasteiger partial charge in [0.25, 0.3) is 5.91 Å². The number of amides is 1. The van der Waals surface area contributed by atoms with E-state index in [4.69, 9.17) is 4.52 Å². The summed E-state index contributed by atoms with van der Waals surface area (Å²) in [6, 6.07) is 8.93. The average molecular weight is 316 g/mol. The molecule has 1 amide bonds. The molecule has 1 saturated carbocycles. The summed E-state index contributed by atoms with van der Waals surface area (Å²) in [5, 5.41) is 23.4. The zero-order valence-electron chi connectivity index (χ0n) is 13.1. The molecule has 1 aromatic heterocycles. The van der Waals surface area contributed by atoms with Crippen molar-refractivity contribution in [2.45, 2.75) is 38.0 Å². The molecule has 122 valence electrons. The summed E-state index contributed by atoms with van der Waals surface area (Å²) in [7, 11) is 1.61. The fraction of sp³-hybridized carbons (Fsp3) is 0.412. The van der Waals surface area contributed by atoms with Crippen LogP contribution in [0.3, 0.4) is 0 Å². The highest BCUT2D eigenvalue weighted by Gasteiger charge is 2.38. The van der Waals surface area contributed by atoms with Crippen LogP contribution in [0.15, 0.2) is 34.9 Å². The number of aromatic nitrogens is 1. The highest BCUT2D eigenvalue weighted by molar-refractivity contribution is 5.93. The van der Waals surface area contributed by atoms with E-state index >= 15 is 0 Å². The van der Waals surface area contributed by atoms with Crippen LogP contribution >= 0.6 is 0 Å². The average Bonchev–Trinajstić information content (AvgIpc) is 3.15. The number of rotatable bonds is 3. The smallest absolute Gasteiger partial charge is 0.276 e. The molecule has 2 aromatic rings. The van der Waals surface area contributed by atoms with Crippen molar-refractivity contribution in [3.8, 4) is 11.3 Å². The van der Waals surface area contributed by atoms with Gasteiger partial charge in [0.15, 0.2) is 11.5 Å². The number of hydrogen-bond acceptors (Lipinski definition) is 5. The van der Waals surface area contributed by atoms with Gasteiger partial charge in [0.05, 0.1) is 12.1 Å². The number of benzene rings is 1. The van der Waals surface area contributed by atoms with Gasteiger partial charge in [0.2, 0.25) is 0 Å². The third kappa shape index (κ3) is 3.00. The summed E-state index contributed by atoms with van der Waals surface area (Å²) in [6.07, 6.45) is -0.660. The van der Waals surface area contributed by atoms with E-state index in [-0.39, 0.29) is 11.6 Å². The molecule has 23 heavy (non-hydrogen) atoms. The second-order valence-electron chi connectivity index (χ2n) is 6.06. The number of nitrogens with zero attached hydrogens (tertiary/aromatic N) is 2. The summed E-state index contributed by atoms with van der Waals surface area (Å²) >= 11 is 0. The first kappa shape index (κ1) is 15.7. The predicted molar refractivity (Wildman–Crippen MR) is 83.8 cm³/mol. The summed E-state index contributed by atoms with van der Waals surface area (Å²) in [6.45, 7) is 2.00. The molecule has 0 saturated heterocycles. The minimum absolute atomic E-state index is 0.191. The normalized spacial score (nSPS) is 23.9. The quantitative estimate of drug-likeness (QED) is 0.898. The van der Waals surface area contributed by atoms with Gasteiger partial charge < -0.3 is 19.6 Å². The van der Waals surface area contributed by atoms with Crippen LogP contribution in [0, 0.1) is 6.92 Å². The van der Waals surface area contributed by atoms with Crippen LogP contribution in [-0.4, -0.2) is 51.5 Å². The molecule has 0 spiro atoms. The van der Waals surface area contributed by atoms with Gasteiger partial charge in [-0.25, -0.2) is 0 Å². The van der Waals surface area contributed by atoms with E-state index in [0.29, 0.717) is 18.6 Å². The number of hydrogen-bond donors (Lipinski definition) is 2. The van der Waals surface area contributed by atoms with Crippen molar-refractivity contribution < 1.29 is 19.5 Å². The summed E-state index contributed by atoms with van der Waals surface area (Å²) in [4.78, 5) is 13.9. The molecule has 3 atom stereocenters. The molecule has 0 radical (unpaired) electrons. The summed E-state index contributed by atoms with van der Waals surface area (Å²) in [5.41, 5.74) is 2.18. The van der Waals surface area contributed by atoms with Gasteiger partial charge in [0.1, 0.15) is 6.10 Å². The minimum atomic E-state index is -0.924. The van der Waals surface area contributed by atoms with E-state index in [1.54, 1.807) is 13.1 Å². The maximum atomic E-state index is 12.5. The summed E-state index contributed by atoms with van der Waals surface area (Å²) < 4.78 is 5.26. The van der Waals surface area contributed by atoms with E-state index in [0.717, 1.165) is 11.1 Å². The molecule has 6 heteroatoms. The van der Waals surface area contributed by atoms with E-state index in [1.807, 2.05) is 31.2 Å². The van der Waals surface area contributed by atoms with E-state index in [1.165, 1.54) is 4.90 Å². The van der Waals surface area contributed by atoms with Crippen LogP contribution < -0.4 is 0 Å².